The van der Waals surface area contributed by atoms with E-state index in [2.05, 4.69) is 10.00 Å². The Morgan fingerprint density at radius 3 is 2.39 bits per heavy atom. The Hall–Kier alpha value is -2.55. The van der Waals surface area contributed by atoms with Crippen molar-refractivity contribution in [2.24, 2.45) is 0 Å². The van der Waals surface area contributed by atoms with Crippen LogP contribution >= 0.6 is 0 Å². The summed E-state index contributed by atoms with van der Waals surface area (Å²) in [6.45, 7) is 6.80. The SMILES string of the molecule is COc1ccc(CC(=O)N2CCN(c3c(C)nn(C4CCS(=O)(=O)C4)c3C)CC2)cc1. The van der Waals surface area contributed by atoms with Gasteiger partial charge >= 0.3 is 0 Å². The molecule has 3 heterocycles. The first-order valence-corrected chi connectivity index (χ1v) is 12.5. The van der Waals surface area contributed by atoms with Crippen molar-refractivity contribution >= 4 is 21.4 Å². The van der Waals surface area contributed by atoms with Gasteiger partial charge in [0.25, 0.3) is 0 Å². The fourth-order valence-electron chi connectivity index (χ4n) is 4.64. The number of amides is 1. The number of carbonyl (C=O) groups is 1. The van der Waals surface area contributed by atoms with Gasteiger partial charge in [0.1, 0.15) is 5.75 Å². The molecule has 8 nitrogen and oxygen atoms in total. The molecule has 2 saturated heterocycles. The molecule has 9 heteroatoms. The van der Waals surface area contributed by atoms with Crippen molar-refractivity contribution in [3.05, 3.63) is 41.2 Å². The third-order valence-electron chi connectivity index (χ3n) is 6.30. The minimum atomic E-state index is -2.96. The van der Waals surface area contributed by atoms with Crippen molar-refractivity contribution < 1.29 is 17.9 Å². The minimum Gasteiger partial charge on any atom is -0.497 e. The number of carbonyl (C=O) groups excluding carboxylic acids is 1. The number of hydrogen-bond acceptors (Lipinski definition) is 6. The molecule has 2 fully saturated rings. The van der Waals surface area contributed by atoms with Crippen LogP contribution in [0.2, 0.25) is 0 Å². The molecule has 4 rings (SSSR count). The summed E-state index contributed by atoms with van der Waals surface area (Å²) in [6, 6.07) is 7.53. The van der Waals surface area contributed by atoms with Crippen LogP contribution in [0.4, 0.5) is 5.69 Å². The molecule has 1 aromatic carbocycles. The second-order valence-electron chi connectivity index (χ2n) is 8.41. The topological polar surface area (TPSA) is 84.7 Å². The van der Waals surface area contributed by atoms with E-state index >= 15 is 0 Å². The fraction of sp³-hybridized carbons (Fsp3) is 0.545. The number of nitrogens with zero attached hydrogens (tertiary/aromatic N) is 4. The van der Waals surface area contributed by atoms with Crippen LogP contribution in [-0.4, -0.2) is 73.8 Å². The fourth-order valence-corrected chi connectivity index (χ4v) is 6.34. The maximum absolute atomic E-state index is 12.7. The van der Waals surface area contributed by atoms with E-state index in [4.69, 9.17) is 4.74 Å². The van der Waals surface area contributed by atoms with E-state index in [0.717, 1.165) is 41.5 Å². The number of sulfone groups is 1. The number of benzene rings is 1. The van der Waals surface area contributed by atoms with Crippen molar-refractivity contribution in [1.29, 1.82) is 0 Å². The van der Waals surface area contributed by atoms with Crippen LogP contribution in [0.25, 0.3) is 0 Å². The van der Waals surface area contributed by atoms with Gasteiger partial charge in [0.05, 0.1) is 48.2 Å². The number of hydrogen-bond donors (Lipinski definition) is 0. The van der Waals surface area contributed by atoms with Gasteiger partial charge in [-0.05, 0) is 38.0 Å². The smallest absolute Gasteiger partial charge is 0.227 e. The van der Waals surface area contributed by atoms with E-state index in [1.54, 1.807) is 7.11 Å². The molecule has 0 radical (unpaired) electrons. The van der Waals surface area contributed by atoms with Crippen molar-refractivity contribution in [3.63, 3.8) is 0 Å². The van der Waals surface area contributed by atoms with Crippen LogP contribution in [-0.2, 0) is 21.1 Å². The summed E-state index contributed by atoms with van der Waals surface area (Å²) in [5.41, 5.74) is 3.98. The van der Waals surface area contributed by atoms with Crippen LogP contribution < -0.4 is 9.64 Å². The number of methoxy groups -OCH3 is 1. The molecule has 2 aromatic rings. The highest BCUT2D eigenvalue weighted by Gasteiger charge is 2.33. The average Bonchev–Trinajstić information content (AvgIpc) is 3.26. The lowest BCUT2D eigenvalue weighted by molar-refractivity contribution is -0.130. The van der Waals surface area contributed by atoms with Gasteiger partial charge in [-0.2, -0.15) is 5.10 Å². The summed E-state index contributed by atoms with van der Waals surface area (Å²) >= 11 is 0. The molecule has 31 heavy (non-hydrogen) atoms. The first-order valence-electron chi connectivity index (χ1n) is 10.7. The summed E-state index contributed by atoms with van der Waals surface area (Å²) in [7, 11) is -1.33. The molecule has 2 aliphatic rings. The number of piperazine rings is 1. The van der Waals surface area contributed by atoms with Crippen LogP contribution in [0.3, 0.4) is 0 Å². The lowest BCUT2D eigenvalue weighted by Gasteiger charge is -2.36. The molecule has 0 N–H and O–H groups in total. The number of aryl methyl sites for hydroxylation is 1. The third-order valence-corrected chi connectivity index (χ3v) is 8.05. The zero-order valence-corrected chi connectivity index (χ0v) is 19.2. The van der Waals surface area contributed by atoms with Gasteiger partial charge in [-0.15, -0.1) is 0 Å². The standard InChI is InChI=1S/C22H30N4O4S/c1-16-22(17(2)26(23-16)19-8-13-31(28,29)15-19)25-11-9-24(10-12-25)21(27)14-18-4-6-20(30-3)7-5-18/h4-7,19H,8-15H2,1-3H3. The van der Waals surface area contributed by atoms with Gasteiger partial charge in [0.2, 0.25) is 5.91 Å². The van der Waals surface area contributed by atoms with Crippen LogP contribution in [0.15, 0.2) is 24.3 Å². The predicted molar refractivity (Wildman–Crippen MR) is 119 cm³/mol. The quantitative estimate of drug-likeness (QED) is 0.696. The van der Waals surface area contributed by atoms with Gasteiger partial charge in [-0.25, -0.2) is 8.42 Å². The van der Waals surface area contributed by atoms with Crippen LogP contribution in [0, 0.1) is 13.8 Å². The lowest BCUT2D eigenvalue weighted by Crippen LogP contribution is -2.49. The highest BCUT2D eigenvalue weighted by atomic mass is 32.2. The highest BCUT2D eigenvalue weighted by Crippen LogP contribution is 2.31. The van der Waals surface area contributed by atoms with E-state index in [1.807, 2.05) is 47.7 Å². The van der Waals surface area contributed by atoms with E-state index in [9.17, 15) is 13.2 Å². The molecular weight excluding hydrogens is 416 g/mol. The largest absolute Gasteiger partial charge is 0.497 e. The third kappa shape index (κ3) is 4.56. The van der Waals surface area contributed by atoms with Crippen molar-refractivity contribution in [3.8, 4) is 5.75 Å². The maximum atomic E-state index is 12.7. The number of aromatic nitrogens is 2. The van der Waals surface area contributed by atoms with Crippen LogP contribution in [0.1, 0.15) is 29.4 Å². The van der Waals surface area contributed by atoms with Gasteiger partial charge in [-0.3, -0.25) is 9.48 Å². The van der Waals surface area contributed by atoms with E-state index in [1.165, 1.54) is 0 Å². The second kappa shape index (κ2) is 8.53. The van der Waals surface area contributed by atoms with Gasteiger partial charge < -0.3 is 14.5 Å². The zero-order valence-electron chi connectivity index (χ0n) is 18.4. The molecule has 1 atom stereocenters. The predicted octanol–water partition coefficient (Wildman–Crippen LogP) is 1.76. The summed E-state index contributed by atoms with van der Waals surface area (Å²) in [5.74, 6) is 1.32. The molecule has 0 bridgehead atoms. The molecule has 1 aromatic heterocycles. The Morgan fingerprint density at radius 1 is 1.13 bits per heavy atom. The number of anilines is 1. The lowest BCUT2D eigenvalue weighted by atomic mass is 10.1. The molecule has 168 valence electrons. The molecular formula is C22H30N4O4S. The summed E-state index contributed by atoms with van der Waals surface area (Å²) in [4.78, 5) is 16.9. The Morgan fingerprint density at radius 2 is 1.81 bits per heavy atom. The summed E-state index contributed by atoms with van der Waals surface area (Å²) in [5, 5.41) is 4.68. The monoisotopic (exact) mass is 446 g/mol. The van der Waals surface area contributed by atoms with E-state index in [0.29, 0.717) is 25.9 Å². The Labute approximate surface area is 183 Å². The minimum absolute atomic E-state index is 0.0789. The average molecular weight is 447 g/mol. The Bertz CT molecular complexity index is 1050. The van der Waals surface area contributed by atoms with Gasteiger partial charge in [-0.1, -0.05) is 12.1 Å². The van der Waals surface area contributed by atoms with Crippen molar-refractivity contribution in [1.82, 2.24) is 14.7 Å². The molecule has 0 aliphatic carbocycles. The van der Waals surface area contributed by atoms with E-state index in [-0.39, 0.29) is 23.5 Å². The van der Waals surface area contributed by atoms with Gasteiger partial charge in [0, 0.05) is 26.2 Å². The molecule has 0 spiro atoms. The van der Waals surface area contributed by atoms with E-state index < -0.39 is 9.84 Å². The summed E-state index contributed by atoms with van der Waals surface area (Å²) < 4.78 is 30.8. The Kier molecular flexibility index (Phi) is 5.96. The number of rotatable bonds is 5. The second-order valence-corrected chi connectivity index (χ2v) is 10.6. The van der Waals surface area contributed by atoms with Gasteiger partial charge in [0.15, 0.2) is 9.84 Å². The normalized spacial score (nSPS) is 20.8. The molecule has 2 aliphatic heterocycles. The first kappa shape index (κ1) is 21.7. The highest BCUT2D eigenvalue weighted by molar-refractivity contribution is 7.91. The zero-order chi connectivity index (χ0) is 22.2. The summed E-state index contributed by atoms with van der Waals surface area (Å²) in [6.07, 6.45) is 1.01. The molecule has 1 unspecified atom stereocenters. The van der Waals surface area contributed by atoms with Crippen LogP contribution in [0.5, 0.6) is 5.75 Å². The number of ether oxygens (including phenoxy) is 1. The molecule has 1 amide bonds. The van der Waals surface area contributed by atoms with Crippen molar-refractivity contribution in [2.45, 2.75) is 32.7 Å². The molecule has 0 saturated carbocycles. The van der Waals surface area contributed by atoms with Crippen molar-refractivity contribution in [2.75, 3.05) is 49.7 Å². The Balaban J connectivity index is 1.39. The maximum Gasteiger partial charge on any atom is 0.227 e. The first-order chi connectivity index (χ1) is 14.8.